The lowest BCUT2D eigenvalue weighted by Crippen LogP contribution is -2.51. The molecule has 0 amide bonds. The van der Waals surface area contributed by atoms with E-state index in [-0.39, 0.29) is 41.4 Å². The van der Waals surface area contributed by atoms with E-state index in [1.807, 2.05) is 6.07 Å². The number of nitrogens with zero attached hydrogens (tertiary/aromatic N) is 4. The van der Waals surface area contributed by atoms with Gasteiger partial charge in [-0.2, -0.15) is 5.26 Å². The number of aliphatic carboxylic acids is 1. The Bertz CT molecular complexity index is 1870. The number of nitriles is 1. The quantitative estimate of drug-likeness (QED) is 0.102. The van der Waals surface area contributed by atoms with Gasteiger partial charge < -0.3 is 29.2 Å². The summed E-state index contributed by atoms with van der Waals surface area (Å²) in [6, 6.07) is 18.6. The molecule has 1 aliphatic rings. The van der Waals surface area contributed by atoms with Crippen molar-refractivity contribution in [2.75, 3.05) is 6.61 Å². The highest BCUT2D eigenvalue weighted by Gasteiger charge is 2.46. The van der Waals surface area contributed by atoms with Gasteiger partial charge in [-0.15, -0.1) is 0 Å². The lowest BCUT2D eigenvalue weighted by molar-refractivity contribution is -0.420. The van der Waals surface area contributed by atoms with Crippen LogP contribution in [0.15, 0.2) is 83.3 Å². The number of aliphatic imine (C=N–C) groups is 1. The normalized spacial score (nSPS) is 15.3. The third-order valence-electron chi connectivity index (χ3n) is 6.95. The van der Waals surface area contributed by atoms with E-state index in [0.29, 0.717) is 16.1 Å². The summed E-state index contributed by atoms with van der Waals surface area (Å²) in [5, 5.41) is 43.0. The number of benzene rings is 3. The Morgan fingerprint density at radius 2 is 1.82 bits per heavy atom. The molecule has 4 N–H and O–H groups in total. The highest BCUT2D eigenvalue weighted by Crippen LogP contribution is 2.32. The molecule has 4 rings (SSSR count). The molecule has 16 heteroatoms. The lowest BCUT2D eigenvalue weighted by Gasteiger charge is -2.32. The average Bonchev–Trinajstić information content (AvgIpc) is 3.05. The zero-order chi connectivity index (χ0) is 35.8. The van der Waals surface area contributed by atoms with E-state index in [1.54, 1.807) is 44.2 Å². The number of hydrazine groups is 1. The van der Waals surface area contributed by atoms with Crippen molar-refractivity contribution in [2.45, 2.75) is 39.8 Å². The molecule has 1 heterocycles. The molecule has 3 atom stereocenters. The number of nitro groups is 1. The molecule has 16 nitrogen and oxygen atoms in total. The van der Waals surface area contributed by atoms with Crippen LogP contribution in [0.2, 0.25) is 0 Å². The van der Waals surface area contributed by atoms with Crippen LogP contribution in [-0.4, -0.2) is 62.8 Å². The molecule has 0 saturated carbocycles. The molecule has 0 fully saturated rings. The zero-order valence-corrected chi connectivity index (χ0v) is 26.4. The minimum Gasteiger partial charge on any atom is -0.481 e. The van der Waals surface area contributed by atoms with Crippen molar-refractivity contribution in [1.29, 1.82) is 5.26 Å². The predicted octanol–water partition coefficient (Wildman–Crippen LogP) is 3.30. The fourth-order valence-electron chi connectivity index (χ4n) is 4.73. The molecule has 3 unspecified atom stereocenters. The van der Waals surface area contributed by atoms with E-state index < -0.39 is 58.5 Å². The van der Waals surface area contributed by atoms with Crippen LogP contribution < -0.4 is 15.3 Å². The number of carboxylic acid groups (broad SMARTS) is 1. The van der Waals surface area contributed by atoms with E-state index >= 15 is 0 Å². The first-order valence-corrected chi connectivity index (χ1v) is 14.6. The van der Waals surface area contributed by atoms with Gasteiger partial charge in [0, 0.05) is 0 Å². The number of carbonyl (C=O) groups excluding carboxylic acids is 2. The minimum atomic E-state index is -1.98. The molecule has 254 valence electrons. The van der Waals surface area contributed by atoms with Crippen molar-refractivity contribution >= 4 is 23.6 Å². The Labute approximate surface area is 279 Å². The number of hydrogen-bond donors (Lipinski definition) is 3. The maximum Gasteiger partial charge on any atom is 0.352 e. The zero-order valence-electron chi connectivity index (χ0n) is 26.4. The number of aliphatic hydroxyl groups excluding tert-OH is 1. The molecule has 1 aliphatic heterocycles. The SMILES string of the molecule is CCOC(=O)c1cc(C)cc(OC2=C([N+](=O)[O-])C(C(C(=O)O)C(C)O)=NC(Oc3cc(C#N)ccc3C(=O)OCc3ccccc3)N2N)c1. The van der Waals surface area contributed by atoms with Crippen LogP contribution in [0, 0.1) is 34.3 Å². The third kappa shape index (κ3) is 8.35. The van der Waals surface area contributed by atoms with Crippen LogP contribution in [0.5, 0.6) is 11.5 Å². The molecule has 3 aromatic rings. The van der Waals surface area contributed by atoms with Crippen LogP contribution >= 0.6 is 0 Å². The van der Waals surface area contributed by atoms with Gasteiger partial charge in [-0.1, -0.05) is 30.3 Å². The second-order valence-electron chi connectivity index (χ2n) is 10.6. The van der Waals surface area contributed by atoms with Crippen molar-refractivity contribution in [3.05, 3.63) is 116 Å². The first kappa shape index (κ1) is 35.5. The van der Waals surface area contributed by atoms with Crippen molar-refractivity contribution < 1.29 is 48.5 Å². The van der Waals surface area contributed by atoms with Gasteiger partial charge in [0.2, 0.25) is 0 Å². The summed E-state index contributed by atoms with van der Waals surface area (Å²) in [5.74, 6) is -0.133. The summed E-state index contributed by atoms with van der Waals surface area (Å²) in [7, 11) is 0. The predicted molar refractivity (Wildman–Crippen MR) is 169 cm³/mol. The number of rotatable bonds is 13. The Morgan fingerprint density at radius 3 is 2.43 bits per heavy atom. The number of carbonyl (C=O) groups is 3. The maximum atomic E-state index is 13.2. The molecular formula is C33H31N5O11. The fraction of sp³-hybridized carbons (Fsp3) is 0.242. The van der Waals surface area contributed by atoms with Crippen molar-refractivity contribution in [3.63, 3.8) is 0 Å². The van der Waals surface area contributed by atoms with E-state index in [9.17, 15) is 40.0 Å². The van der Waals surface area contributed by atoms with Gasteiger partial charge >= 0.3 is 23.6 Å². The molecule has 3 aromatic carbocycles. The van der Waals surface area contributed by atoms with Gasteiger partial charge in [-0.05, 0) is 68.3 Å². The third-order valence-corrected chi connectivity index (χ3v) is 6.95. The van der Waals surface area contributed by atoms with Gasteiger partial charge in [0.05, 0.1) is 34.8 Å². The summed E-state index contributed by atoms with van der Waals surface area (Å²) in [6.07, 6.45) is -3.57. The van der Waals surface area contributed by atoms with Crippen LogP contribution in [0.3, 0.4) is 0 Å². The standard InChI is InChI=1S/C33H31N5O11/c1-4-46-31(42)22-12-18(2)13-23(15-22)48-29-28(38(44)45)27(26(19(3)39)30(40)41)36-33(37(29)35)49-25-14-21(16-34)10-11-24(25)32(43)47-17-20-8-6-5-7-9-20/h5-15,19,26,33,39H,4,17,35H2,1-3H3,(H,40,41). The van der Waals surface area contributed by atoms with Crippen molar-refractivity contribution in [3.8, 4) is 17.6 Å². The summed E-state index contributed by atoms with van der Waals surface area (Å²) in [4.78, 5) is 53.5. The molecule has 0 bridgehead atoms. The molecule has 0 spiro atoms. The minimum absolute atomic E-state index is 0.0369. The van der Waals surface area contributed by atoms with Crippen molar-refractivity contribution in [1.82, 2.24) is 5.01 Å². The number of aryl methyl sites for hydroxylation is 1. The van der Waals surface area contributed by atoms with Crippen LogP contribution in [0.4, 0.5) is 0 Å². The summed E-state index contributed by atoms with van der Waals surface area (Å²) >= 11 is 0. The molecule has 49 heavy (non-hydrogen) atoms. The van der Waals surface area contributed by atoms with E-state index in [4.69, 9.17) is 24.8 Å². The number of aliphatic hydroxyl groups is 1. The van der Waals surface area contributed by atoms with Gasteiger partial charge in [0.25, 0.3) is 12.2 Å². The summed E-state index contributed by atoms with van der Waals surface area (Å²) in [5.41, 5.74) is -0.740. The Balaban J connectivity index is 1.82. The molecule has 0 aromatic heterocycles. The average molecular weight is 674 g/mol. The van der Waals surface area contributed by atoms with Gasteiger partial charge in [-0.25, -0.2) is 25.4 Å². The second-order valence-corrected chi connectivity index (χ2v) is 10.6. The van der Waals surface area contributed by atoms with E-state index in [0.717, 1.165) is 6.92 Å². The maximum absolute atomic E-state index is 13.2. The largest absolute Gasteiger partial charge is 0.481 e. The monoisotopic (exact) mass is 673 g/mol. The number of esters is 2. The van der Waals surface area contributed by atoms with Crippen LogP contribution in [0.1, 0.15) is 51.3 Å². The topological polar surface area (TPSA) is 237 Å². The molecule has 0 saturated heterocycles. The fourth-order valence-corrected chi connectivity index (χ4v) is 4.73. The smallest absolute Gasteiger partial charge is 0.352 e. The number of allylic oxidation sites excluding steroid dienone is 1. The lowest BCUT2D eigenvalue weighted by atomic mass is 9.94. The highest BCUT2D eigenvalue weighted by atomic mass is 16.6. The number of hydrogen-bond acceptors (Lipinski definition) is 14. The van der Waals surface area contributed by atoms with Gasteiger partial charge in [0.15, 0.2) is 0 Å². The Morgan fingerprint density at radius 1 is 1.10 bits per heavy atom. The first-order chi connectivity index (χ1) is 23.3. The second kappa shape index (κ2) is 15.5. The molecule has 0 aliphatic carbocycles. The number of ether oxygens (including phenoxy) is 4. The number of carboxylic acids is 1. The van der Waals surface area contributed by atoms with E-state index in [2.05, 4.69) is 4.99 Å². The molecule has 0 radical (unpaired) electrons. The Hall–Kier alpha value is -6.31. The van der Waals surface area contributed by atoms with Gasteiger partial charge in [-0.3, -0.25) is 14.9 Å². The highest BCUT2D eigenvalue weighted by molar-refractivity contribution is 6.11. The molecular weight excluding hydrogens is 642 g/mol. The van der Waals surface area contributed by atoms with Crippen LogP contribution in [-0.2, 0) is 20.9 Å². The summed E-state index contributed by atoms with van der Waals surface area (Å²) < 4.78 is 22.3. The number of nitrogens with two attached hydrogens (primary N) is 1. The summed E-state index contributed by atoms with van der Waals surface area (Å²) in [6.45, 7) is 4.27. The van der Waals surface area contributed by atoms with Crippen LogP contribution in [0.25, 0.3) is 0 Å². The first-order valence-electron chi connectivity index (χ1n) is 14.6. The Kier molecular flexibility index (Phi) is 11.3. The van der Waals surface area contributed by atoms with E-state index in [1.165, 1.54) is 36.4 Å². The van der Waals surface area contributed by atoms with Gasteiger partial charge in [0.1, 0.15) is 35.3 Å². The van der Waals surface area contributed by atoms with Crippen molar-refractivity contribution in [2.24, 2.45) is 16.8 Å².